The van der Waals surface area contributed by atoms with Gasteiger partial charge in [-0.15, -0.1) is 13.2 Å². The van der Waals surface area contributed by atoms with Crippen molar-refractivity contribution in [3.05, 3.63) is 48.0 Å². The predicted molar refractivity (Wildman–Crippen MR) is 107 cm³/mol. The van der Waals surface area contributed by atoms with Crippen LogP contribution in [0, 0.1) is 0 Å². The van der Waals surface area contributed by atoms with Crippen molar-refractivity contribution in [3.63, 3.8) is 0 Å². The Morgan fingerprint density at radius 2 is 1.50 bits per heavy atom. The number of rotatable bonds is 6. The molecular weight excluding hydrogens is 453 g/mol. The zero-order valence-electron chi connectivity index (χ0n) is 17.3. The topological polar surface area (TPSA) is 85.4 Å². The van der Waals surface area contributed by atoms with Crippen LogP contribution in [0.5, 0.6) is 17.2 Å². The maximum absolute atomic E-state index is 12.9. The molecule has 12 heteroatoms. The first-order chi connectivity index (χ1) is 15.0. The van der Waals surface area contributed by atoms with E-state index >= 15 is 0 Å². The number of carbonyl (C=O) groups is 1. The van der Waals surface area contributed by atoms with Gasteiger partial charge < -0.3 is 19.1 Å². The van der Waals surface area contributed by atoms with Gasteiger partial charge in [0, 0.05) is 26.2 Å². The van der Waals surface area contributed by atoms with Crippen LogP contribution in [-0.2, 0) is 10.0 Å². The molecule has 1 fully saturated rings. The van der Waals surface area contributed by atoms with Crippen LogP contribution in [0.4, 0.5) is 13.2 Å². The molecule has 0 N–H and O–H groups in total. The molecule has 0 spiro atoms. The van der Waals surface area contributed by atoms with E-state index in [2.05, 4.69) is 4.74 Å². The summed E-state index contributed by atoms with van der Waals surface area (Å²) in [4.78, 5) is 14.3. The summed E-state index contributed by atoms with van der Waals surface area (Å²) in [6, 6.07) is 8.80. The van der Waals surface area contributed by atoms with Crippen LogP contribution in [0.25, 0.3) is 0 Å². The SMILES string of the molecule is COc1ccc(OC)c(C(=O)N2CCN(S(=O)(=O)c3ccc(OC(F)(F)F)cc3)CC2)c1. The third kappa shape index (κ3) is 5.25. The van der Waals surface area contributed by atoms with Gasteiger partial charge in [-0.3, -0.25) is 4.79 Å². The van der Waals surface area contributed by atoms with Gasteiger partial charge >= 0.3 is 6.36 Å². The van der Waals surface area contributed by atoms with Crippen LogP contribution in [0.2, 0.25) is 0 Å². The van der Waals surface area contributed by atoms with Gasteiger partial charge in [-0.1, -0.05) is 0 Å². The fraction of sp³-hybridized carbons (Fsp3) is 0.350. The lowest BCUT2D eigenvalue weighted by Gasteiger charge is -2.34. The molecule has 2 aromatic carbocycles. The van der Waals surface area contributed by atoms with Crippen LogP contribution < -0.4 is 14.2 Å². The van der Waals surface area contributed by atoms with E-state index in [1.165, 1.54) is 23.4 Å². The number of hydrogen-bond donors (Lipinski definition) is 0. The molecule has 1 aliphatic rings. The molecule has 1 saturated heterocycles. The highest BCUT2D eigenvalue weighted by molar-refractivity contribution is 7.89. The Labute approximate surface area is 183 Å². The van der Waals surface area contributed by atoms with Gasteiger partial charge in [0.25, 0.3) is 5.91 Å². The number of nitrogens with zero attached hydrogens (tertiary/aromatic N) is 2. The maximum Gasteiger partial charge on any atom is 0.573 e. The number of ether oxygens (including phenoxy) is 3. The quantitative estimate of drug-likeness (QED) is 0.640. The Morgan fingerprint density at radius 3 is 2.03 bits per heavy atom. The fourth-order valence-corrected chi connectivity index (χ4v) is 4.67. The highest BCUT2D eigenvalue weighted by atomic mass is 32.2. The summed E-state index contributed by atoms with van der Waals surface area (Å²) >= 11 is 0. The molecule has 0 radical (unpaired) electrons. The van der Waals surface area contributed by atoms with E-state index in [4.69, 9.17) is 9.47 Å². The van der Waals surface area contributed by atoms with Crippen LogP contribution in [0.15, 0.2) is 47.4 Å². The Bertz CT molecular complexity index is 1070. The summed E-state index contributed by atoms with van der Waals surface area (Å²) < 4.78 is 77.9. The molecule has 2 aromatic rings. The number of piperazine rings is 1. The Hall–Kier alpha value is -2.99. The van der Waals surface area contributed by atoms with Crippen LogP contribution in [0.1, 0.15) is 10.4 Å². The summed E-state index contributed by atoms with van der Waals surface area (Å²) in [5.74, 6) is 0.00545. The molecule has 0 aromatic heterocycles. The van der Waals surface area contributed by atoms with Crippen molar-refractivity contribution >= 4 is 15.9 Å². The zero-order chi connectivity index (χ0) is 23.5. The molecule has 1 heterocycles. The average molecular weight is 474 g/mol. The first kappa shape index (κ1) is 23.7. The molecule has 0 atom stereocenters. The van der Waals surface area contributed by atoms with Crippen molar-refractivity contribution < 1.29 is 40.6 Å². The van der Waals surface area contributed by atoms with Gasteiger partial charge in [-0.05, 0) is 42.5 Å². The van der Waals surface area contributed by atoms with E-state index in [9.17, 15) is 26.4 Å². The normalized spacial score (nSPS) is 15.3. The van der Waals surface area contributed by atoms with E-state index < -0.39 is 22.1 Å². The fourth-order valence-electron chi connectivity index (χ4n) is 3.25. The second kappa shape index (κ2) is 9.25. The van der Waals surface area contributed by atoms with Crippen molar-refractivity contribution in [2.24, 2.45) is 0 Å². The highest BCUT2D eigenvalue weighted by Gasteiger charge is 2.33. The number of benzene rings is 2. The van der Waals surface area contributed by atoms with Gasteiger partial charge in [0.1, 0.15) is 17.2 Å². The number of carbonyl (C=O) groups excluding carboxylic acids is 1. The molecule has 0 bridgehead atoms. The minimum Gasteiger partial charge on any atom is -0.497 e. The van der Waals surface area contributed by atoms with Crippen LogP contribution >= 0.6 is 0 Å². The summed E-state index contributed by atoms with van der Waals surface area (Å²) in [5.41, 5.74) is 0.295. The van der Waals surface area contributed by atoms with E-state index in [1.807, 2.05) is 0 Å². The number of alkyl halides is 3. The number of methoxy groups -OCH3 is 2. The van der Waals surface area contributed by atoms with E-state index in [0.29, 0.717) is 17.1 Å². The molecule has 1 amide bonds. The first-order valence-corrected chi connectivity index (χ1v) is 10.9. The van der Waals surface area contributed by atoms with Crippen LogP contribution in [0.3, 0.4) is 0 Å². The predicted octanol–water partition coefficient (Wildman–Crippen LogP) is 2.75. The van der Waals surface area contributed by atoms with Crippen molar-refractivity contribution in [2.45, 2.75) is 11.3 Å². The molecule has 0 aliphatic carbocycles. The zero-order valence-corrected chi connectivity index (χ0v) is 18.1. The maximum atomic E-state index is 12.9. The smallest absolute Gasteiger partial charge is 0.497 e. The standard InChI is InChI=1S/C20H21F3N2O6S/c1-29-15-5-8-18(30-2)17(13-15)19(26)24-9-11-25(12-10-24)32(27,28)16-6-3-14(4-7-16)31-20(21,22)23/h3-8,13H,9-12H2,1-2H3. The lowest BCUT2D eigenvalue weighted by molar-refractivity contribution is -0.274. The summed E-state index contributed by atoms with van der Waals surface area (Å²) in [6.07, 6.45) is -4.87. The second-order valence-corrected chi connectivity index (χ2v) is 8.72. The Kier molecular flexibility index (Phi) is 6.84. The lowest BCUT2D eigenvalue weighted by Crippen LogP contribution is -2.50. The van der Waals surface area contributed by atoms with Gasteiger partial charge in [-0.25, -0.2) is 8.42 Å². The van der Waals surface area contributed by atoms with E-state index in [1.54, 1.807) is 18.2 Å². The molecule has 32 heavy (non-hydrogen) atoms. The Balaban J connectivity index is 1.69. The monoisotopic (exact) mass is 474 g/mol. The summed E-state index contributed by atoms with van der Waals surface area (Å²) in [7, 11) is -1.03. The van der Waals surface area contributed by atoms with Gasteiger partial charge in [0.05, 0.1) is 24.7 Å². The summed E-state index contributed by atoms with van der Waals surface area (Å²) in [5, 5.41) is 0. The third-order valence-corrected chi connectivity index (χ3v) is 6.77. The number of hydrogen-bond acceptors (Lipinski definition) is 6. The summed E-state index contributed by atoms with van der Waals surface area (Å²) in [6.45, 7) is 0.323. The van der Waals surface area contributed by atoms with Crippen molar-refractivity contribution in [3.8, 4) is 17.2 Å². The minimum absolute atomic E-state index is 0.0289. The van der Waals surface area contributed by atoms with E-state index in [0.717, 1.165) is 24.3 Å². The number of sulfonamides is 1. The lowest BCUT2D eigenvalue weighted by atomic mass is 10.1. The first-order valence-electron chi connectivity index (χ1n) is 9.42. The average Bonchev–Trinajstić information content (AvgIpc) is 2.77. The van der Waals surface area contributed by atoms with Gasteiger partial charge in [-0.2, -0.15) is 4.31 Å². The minimum atomic E-state index is -4.87. The molecule has 1 aliphatic heterocycles. The highest BCUT2D eigenvalue weighted by Crippen LogP contribution is 2.28. The molecule has 3 rings (SSSR count). The molecule has 174 valence electrons. The number of amides is 1. The van der Waals surface area contributed by atoms with Gasteiger partial charge in [0.15, 0.2) is 0 Å². The van der Waals surface area contributed by atoms with Crippen molar-refractivity contribution in [1.82, 2.24) is 9.21 Å². The van der Waals surface area contributed by atoms with Crippen molar-refractivity contribution in [2.75, 3.05) is 40.4 Å². The molecule has 0 unspecified atom stereocenters. The molecule has 8 nitrogen and oxygen atoms in total. The molecule has 0 saturated carbocycles. The van der Waals surface area contributed by atoms with Gasteiger partial charge in [0.2, 0.25) is 10.0 Å². The number of halogens is 3. The second-order valence-electron chi connectivity index (χ2n) is 6.78. The third-order valence-electron chi connectivity index (χ3n) is 4.86. The largest absolute Gasteiger partial charge is 0.573 e. The van der Waals surface area contributed by atoms with Crippen LogP contribution in [-0.4, -0.2) is 70.3 Å². The van der Waals surface area contributed by atoms with E-state index in [-0.39, 0.29) is 37.0 Å². The Morgan fingerprint density at radius 1 is 0.906 bits per heavy atom. The van der Waals surface area contributed by atoms with Crippen molar-refractivity contribution in [1.29, 1.82) is 0 Å². The molecular formula is C20H21F3N2O6S.